The average Bonchev–Trinajstić information content (AvgIpc) is 2.84. The van der Waals surface area contributed by atoms with Gasteiger partial charge in [0.1, 0.15) is 11.6 Å². The van der Waals surface area contributed by atoms with E-state index in [-0.39, 0.29) is 11.1 Å². The van der Waals surface area contributed by atoms with Crippen LogP contribution >= 0.6 is 0 Å². The maximum Gasteiger partial charge on any atom is 0.254 e. The van der Waals surface area contributed by atoms with Crippen molar-refractivity contribution in [2.45, 2.75) is 13.3 Å². The topological polar surface area (TPSA) is 41.1 Å². The van der Waals surface area contributed by atoms with E-state index in [9.17, 15) is 13.6 Å². The smallest absolute Gasteiger partial charge is 0.254 e. The van der Waals surface area contributed by atoms with Crippen LogP contribution in [-0.4, -0.2) is 25.5 Å². The minimum atomic E-state index is -0.819. The number of aryl methyl sites for hydroxylation is 1. The molecule has 1 aliphatic heterocycles. The molecule has 98 valence electrons. The summed E-state index contributed by atoms with van der Waals surface area (Å²) in [5.74, 6) is -1.55. The molecular weight excluding hydrogens is 238 g/mol. The third-order valence-corrected chi connectivity index (χ3v) is 3.21. The lowest BCUT2D eigenvalue weighted by Crippen LogP contribution is -2.30. The van der Waals surface area contributed by atoms with E-state index >= 15 is 0 Å². The second-order valence-electron chi connectivity index (χ2n) is 4.65. The molecule has 0 aliphatic carbocycles. The van der Waals surface area contributed by atoms with Crippen molar-refractivity contribution in [1.82, 2.24) is 10.6 Å². The lowest BCUT2D eigenvalue weighted by Gasteiger charge is -2.11. The number of amides is 1. The van der Waals surface area contributed by atoms with Crippen molar-refractivity contribution in [2.75, 3.05) is 19.6 Å². The summed E-state index contributed by atoms with van der Waals surface area (Å²) in [6.07, 6.45) is 1.01. The maximum absolute atomic E-state index is 13.5. The quantitative estimate of drug-likeness (QED) is 0.860. The van der Waals surface area contributed by atoms with Crippen LogP contribution in [0, 0.1) is 24.5 Å². The molecule has 0 aromatic heterocycles. The van der Waals surface area contributed by atoms with Crippen LogP contribution in [0.4, 0.5) is 8.78 Å². The molecule has 0 saturated carbocycles. The number of rotatable bonds is 3. The maximum atomic E-state index is 13.5. The Morgan fingerprint density at radius 3 is 2.89 bits per heavy atom. The number of carbonyl (C=O) groups excluding carboxylic acids is 1. The Kier molecular flexibility index (Phi) is 3.91. The third kappa shape index (κ3) is 2.85. The molecule has 1 fully saturated rings. The van der Waals surface area contributed by atoms with Gasteiger partial charge < -0.3 is 10.6 Å². The van der Waals surface area contributed by atoms with Gasteiger partial charge in [-0.05, 0) is 44.0 Å². The Labute approximate surface area is 105 Å². The zero-order valence-corrected chi connectivity index (χ0v) is 10.2. The number of hydrogen-bond donors (Lipinski definition) is 2. The fourth-order valence-electron chi connectivity index (χ4n) is 2.05. The normalized spacial score (nSPS) is 18.9. The summed E-state index contributed by atoms with van der Waals surface area (Å²) in [6, 6.07) is 1.99. The van der Waals surface area contributed by atoms with Gasteiger partial charge in [0.05, 0.1) is 5.56 Å². The van der Waals surface area contributed by atoms with E-state index < -0.39 is 17.5 Å². The van der Waals surface area contributed by atoms with Crippen LogP contribution in [0.5, 0.6) is 0 Å². The van der Waals surface area contributed by atoms with E-state index in [4.69, 9.17) is 0 Å². The van der Waals surface area contributed by atoms with Gasteiger partial charge in [0.2, 0.25) is 0 Å². The molecule has 0 radical (unpaired) electrons. The summed E-state index contributed by atoms with van der Waals surface area (Å²) < 4.78 is 26.5. The zero-order chi connectivity index (χ0) is 13.1. The lowest BCUT2D eigenvalue weighted by molar-refractivity contribution is 0.0944. The van der Waals surface area contributed by atoms with Crippen molar-refractivity contribution < 1.29 is 13.6 Å². The molecular formula is C13H16F2N2O. The van der Waals surface area contributed by atoms with E-state index in [1.807, 2.05) is 0 Å². The number of halogens is 2. The Balaban J connectivity index is 2.01. The first-order chi connectivity index (χ1) is 8.58. The van der Waals surface area contributed by atoms with Crippen LogP contribution in [0.25, 0.3) is 0 Å². The van der Waals surface area contributed by atoms with Gasteiger partial charge in [-0.2, -0.15) is 0 Å². The summed E-state index contributed by atoms with van der Waals surface area (Å²) >= 11 is 0. The van der Waals surface area contributed by atoms with Gasteiger partial charge in [0.25, 0.3) is 5.91 Å². The standard InChI is InChI=1S/C13H16F2N2O/c1-8-4-10(12(15)5-11(8)14)13(18)17-7-9-2-3-16-6-9/h4-5,9,16H,2-3,6-7H2,1H3,(H,17,18). The first-order valence-electron chi connectivity index (χ1n) is 6.02. The SMILES string of the molecule is Cc1cc(C(=O)NCC2CCNC2)c(F)cc1F. The summed E-state index contributed by atoms with van der Waals surface area (Å²) in [5.41, 5.74) is 0.170. The predicted octanol–water partition coefficient (Wildman–Crippen LogP) is 1.61. The van der Waals surface area contributed by atoms with Gasteiger partial charge in [-0.25, -0.2) is 8.78 Å². The van der Waals surface area contributed by atoms with Gasteiger partial charge in [0, 0.05) is 12.6 Å². The van der Waals surface area contributed by atoms with Gasteiger partial charge in [-0.3, -0.25) is 4.79 Å². The highest BCUT2D eigenvalue weighted by Crippen LogP contribution is 2.14. The van der Waals surface area contributed by atoms with Crippen molar-refractivity contribution in [3.05, 3.63) is 34.9 Å². The van der Waals surface area contributed by atoms with Crippen LogP contribution < -0.4 is 10.6 Å². The molecule has 1 heterocycles. The molecule has 1 aromatic carbocycles. The molecule has 2 N–H and O–H groups in total. The molecule has 2 rings (SSSR count). The fraction of sp³-hybridized carbons (Fsp3) is 0.462. The van der Waals surface area contributed by atoms with E-state index in [1.54, 1.807) is 0 Å². The van der Waals surface area contributed by atoms with Crippen molar-refractivity contribution in [3.8, 4) is 0 Å². The Morgan fingerprint density at radius 1 is 1.44 bits per heavy atom. The predicted molar refractivity (Wildman–Crippen MR) is 64.4 cm³/mol. The molecule has 5 heteroatoms. The highest BCUT2D eigenvalue weighted by atomic mass is 19.1. The second-order valence-corrected chi connectivity index (χ2v) is 4.65. The van der Waals surface area contributed by atoms with Crippen LogP contribution in [-0.2, 0) is 0 Å². The number of carbonyl (C=O) groups is 1. The molecule has 0 spiro atoms. The van der Waals surface area contributed by atoms with E-state index in [0.29, 0.717) is 12.5 Å². The van der Waals surface area contributed by atoms with Crippen molar-refractivity contribution in [3.63, 3.8) is 0 Å². The number of hydrogen-bond acceptors (Lipinski definition) is 2. The first-order valence-corrected chi connectivity index (χ1v) is 6.02. The largest absolute Gasteiger partial charge is 0.352 e. The van der Waals surface area contributed by atoms with Gasteiger partial charge in [-0.1, -0.05) is 0 Å². The Morgan fingerprint density at radius 2 is 2.22 bits per heavy atom. The van der Waals surface area contributed by atoms with Crippen molar-refractivity contribution >= 4 is 5.91 Å². The zero-order valence-electron chi connectivity index (χ0n) is 10.2. The van der Waals surface area contributed by atoms with Gasteiger partial charge >= 0.3 is 0 Å². The lowest BCUT2D eigenvalue weighted by atomic mass is 10.1. The highest BCUT2D eigenvalue weighted by molar-refractivity contribution is 5.94. The number of benzene rings is 1. The van der Waals surface area contributed by atoms with Gasteiger partial charge in [-0.15, -0.1) is 0 Å². The molecule has 0 bridgehead atoms. The minimum Gasteiger partial charge on any atom is -0.352 e. The van der Waals surface area contributed by atoms with E-state index in [1.165, 1.54) is 13.0 Å². The fourth-order valence-corrected chi connectivity index (χ4v) is 2.05. The van der Waals surface area contributed by atoms with Gasteiger partial charge in [0.15, 0.2) is 0 Å². The Bertz CT molecular complexity index is 457. The summed E-state index contributed by atoms with van der Waals surface area (Å²) in [4.78, 5) is 11.8. The monoisotopic (exact) mass is 254 g/mol. The highest BCUT2D eigenvalue weighted by Gasteiger charge is 2.18. The summed E-state index contributed by atoms with van der Waals surface area (Å²) in [6.45, 7) is 3.84. The van der Waals surface area contributed by atoms with E-state index in [0.717, 1.165) is 25.6 Å². The average molecular weight is 254 g/mol. The molecule has 1 atom stereocenters. The van der Waals surface area contributed by atoms with Crippen molar-refractivity contribution in [2.24, 2.45) is 5.92 Å². The summed E-state index contributed by atoms with van der Waals surface area (Å²) in [7, 11) is 0. The van der Waals surface area contributed by atoms with Crippen LogP contribution in [0.1, 0.15) is 22.3 Å². The molecule has 1 unspecified atom stereocenters. The number of nitrogens with one attached hydrogen (secondary N) is 2. The molecule has 1 saturated heterocycles. The van der Waals surface area contributed by atoms with Crippen LogP contribution in [0.15, 0.2) is 12.1 Å². The first kappa shape index (κ1) is 13.0. The minimum absolute atomic E-state index is 0.0974. The third-order valence-electron chi connectivity index (χ3n) is 3.21. The van der Waals surface area contributed by atoms with Crippen LogP contribution in [0.2, 0.25) is 0 Å². The van der Waals surface area contributed by atoms with Crippen molar-refractivity contribution in [1.29, 1.82) is 0 Å². The molecule has 1 amide bonds. The molecule has 1 aliphatic rings. The summed E-state index contributed by atoms with van der Waals surface area (Å²) in [5, 5.41) is 5.88. The van der Waals surface area contributed by atoms with Crippen LogP contribution in [0.3, 0.4) is 0 Å². The molecule has 3 nitrogen and oxygen atoms in total. The molecule has 1 aromatic rings. The molecule has 18 heavy (non-hydrogen) atoms. The second kappa shape index (κ2) is 5.44. The Hall–Kier alpha value is -1.49. The van der Waals surface area contributed by atoms with E-state index in [2.05, 4.69) is 10.6 Å².